The molecule has 0 radical (unpaired) electrons. The number of amides is 1. The van der Waals surface area contributed by atoms with Crippen molar-refractivity contribution in [1.82, 2.24) is 9.88 Å². The predicted octanol–water partition coefficient (Wildman–Crippen LogP) is 1.52. The van der Waals surface area contributed by atoms with Crippen LogP contribution in [0.15, 0.2) is 4.42 Å². The van der Waals surface area contributed by atoms with E-state index < -0.39 is 0 Å². The zero-order valence-electron chi connectivity index (χ0n) is 11.1. The third-order valence-corrected chi connectivity index (χ3v) is 3.60. The Bertz CT molecular complexity index is 441. The number of nitrogens with zero attached hydrogens (tertiary/aromatic N) is 2. The molecular weight excluding hydrogens is 232 g/mol. The molecule has 1 aromatic heterocycles. The Morgan fingerprint density at radius 2 is 2.28 bits per heavy atom. The lowest BCUT2D eigenvalue weighted by Crippen LogP contribution is -2.45. The number of rotatable bonds is 2. The molecule has 1 aromatic rings. The third kappa shape index (κ3) is 2.41. The average Bonchev–Trinajstić information content (AvgIpc) is 2.68. The van der Waals surface area contributed by atoms with Gasteiger partial charge in [-0.3, -0.25) is 4.79 Å². The van der Waals surface area contributed by atoms with Gasteiger partial charge in [0.05, 0.1) is 11.8 Å². The second-order valence-corrected chi connectivity index (χ2v) is 4.92. The van der Waals surface area contributed by atoms with Crippen LogP contribution in [0.2, 0.25) is 0 Å². The van der Waals surface area contributed by atoms with Crippen LogP contribution in [0, 0.1) is 19.8 Å². The van der Waals surface area contributed by atoms with Crippen molar-refractivity contribution in [3.05, 3.63) is 17.3 Å². The maximum Gasteiger partial charge on any atom is 0.291 e. The van der Waals surface area contributed by atoms with Gasteiger partial charge in [0.1, 0.15) is 0 Å². The number of carbonyl (C=O) groups is 1. The normalized spacial score (nSPS) is 24.3. The summed E-state index contributed by atoms with van der Waals surface area (Å²) in [5, 5.41) is 9.82. The highest BCUT2D eigenvalue weighted by molar-refractivity contribution is 5.92. The van der Waals surface area contributed by atoms with Crippen molar-refractivity contribution in [3.8, 4) is 0 Å². The van der Waals surface area contributed by atoms with Crippen molar-refractivity contribution in [2.45, 2.75) is 39.7 Å². The Morgan fingerprint density at radius 1 is 1.56 bits per heavy atom. The number of piperidine rings is 1. The van der Waals surface area contributed by atoms with E-state index in [0.29, 0.717) is 36.9 Å². The summed E-state index contributed by atoms with van der Waals surface area (Å²) in [7, 11) is 0. The highest BCUT2D eigenvalue weighted by Crippen LogP contribution is 2.22. The van der Waals surface area contributed by atoms with Crippen LogP contribution in [0.25, 0.3) is 0 Å². The van der Waals surface area contributed by atoms with E-state index >= 15 is 0 Å². The van der Waals surface area contributed by atoms with Crippen LogP contribution in [0.4, 0.5) is 0 Å². The van der Waals surface area contributed by atoms with Gasteiger partial charge >= 0.3 is 0 Å². The van der Waals surface area contributed by atoms with E-state index in [9.17, 15) is 9.90 Å². The summed E-state index contributed by atoms with van der Waals surface area (Å²) in [5.74, 6) is 0.893. The molecule has 100 valence electrons. The number of aliphatic hydroxyl groups is 1. The minimum atomic E-state index is -0.295. The first-order chi connectivity index (χ1) is 8.52. The molecule has 1 N–H and O–H groups in total. The molecule has 2 rings (SSSR count). The van der Waals surface area contributed by atoms with E-state index in [2.05, 4.69) is 4.98 Å². The highest BCUT2D eigenvalue weighted by atomic mass is 16.4. The maximum atomic E-state index is 12.3. The minimum Gasteiger partial charge on any atom is -0.436 e. The van der Waals surface area contributed by atoms with Gasteiger partial charge in [-0.2, -0.15) is 0 Å². The number of carbonyl (C=O) groups excluding carboxylic acids is 1. The fourth-order valence-electron chi connectivity index (χ4n) is 2.48. The molecule has 5 nitrogen and oxygen atoms in total. The van der Waals surface area contributed by atoms with Gasteiger partial charge in [0, 0.05) is 25.9 Å². The van der Waals surface area contributed by atoms with E-state index in [1.807, 2.05) is 6.92 Å². The SMILES string of the molecule is CCC1CN(C(=O)c2oc(C)nc2C)CCC1O. The molecular formula is C13H20N2O3. The largest absolute Gasteiger partial charge is 0.436 e. The lowest BCUT2D eigenvalue weighted by Gasteiger charge is -2.35. The van der Waals surface area contributed by atoms with Gasteiger partial charge in [0.25, 0.3) is 5.91 Å². The Morgan fingerprint density at radius 3 is 2.83 bits per heavy atom. The van der Waals surface area contributed by atoms with Gasteiger partial charge in [-0.15, -0.1) is 0 Å². The second kappa shape index (κ2) is 5.10. The summed E-state index contributed by atoms with van der Waals surface area (Å²) >= 11 is 0. The number of hydrogen-bond acceptors (Lipinski definition) is 4. The first kappa shape index (κ1) is 13.1. The molecule has 0 bridgehead atoms. The molecule has 0 aromatic carbocycles. The topological polar surface area (TPSA) is 66.6 Å². The van der Waals surface area contributed by atoms with Crippen molar-refractivity contribution in [2.75, 3.05) is 13.1 Å². The molecule has 1 aliphatic rings. The van der Waals surface area contributed by atoms with E-state index in [4.69, 9.17) is 4.42 Å². The van der Waals surface area contributed by atoms with Crippen molar-refractivity contribution in [3.63, 3.8) is 0 Å². The van der Waals surface area contributed by atoms with Gasteiger partial charge < -0.3 is 14.4 Å². The lowest BCUT2D eigenvalue weighted by atomic mass is 9.92. The number of aryl methyl sites for hydroxylation is 2. The van der Waals surface area contributed by atoms with Crippen molar-refractivity contribution in [1.29, 1.82) is 0 Å². The first-order valence-electron chi connectivity index (χ1n) is 6.44. The van der Waals surface area contributed by atoms with E-state index in [-0.39, 0.29) is 17.9 Å². The molecule has 1 amide bonds. The average molecular weight is 252 g/mol. The first-order valence-corrected chi connectivity index (χ1v) is 6.44. The van der Waals surface area contributed by atoms with Crippen LogP contribution in [0.5, 0.6) is 0 Å². The molecule has 2 heterocycles. The summed E-state index contributed by atoms with van der Waals surface area (Å²) in [6, 6.07) is 0. The van der Waals surface area contributed by atoms with Gasteiger partial charge in [0.2, 0.25) is 5.76 Å². The van der Waals surface area contributed by atoms with Crippen LogP contribution >= 0.6 is 0 Å². The summed E-state index contributed by atoms with van der Waals surface area (Å²) in [5.41, 5.74) is 0.636. The van der Waals surface area contributed by atoms with Crippen molar-refractivity contribution < 1.29 is 14.3 Å². The van der Waals surface area contributed by atoms with Crippen molar-refractivity contribution in [2.24, 2.45) is 5.92 Å². The highest BCUT2D eigenvalue weighted by Gasteiger charge is 2.31. The Kier molecular flexibility index (Phi) is 3.71. The van der Waals surface area contributed by atoms with Gasteiger partial charge in [-0.05, 0) is 19.8 Å². The number of likely N-dealkylation sites (tertiary alicyclic amines) is 1. The lowest BCUT2D eigenvalue weighted by molar-refractivity contribution is 0.0211. The zero-order valence-corrected chi connectivity index (χ0v) is 11.1. The van der Waals surface area contributed by atoms with Crippen LogP contribution in [-0.2, 0) is 0 Å². The monoisotopic (exact) mass is 252 g/mol. The summed E-state index contributed by atoms with van der Waals surface area (Å²) in [4.78, 5) is 18.2. The van der Waals surface area contributed by atoms with E-state index in [1.165, 1.54) is 0 Å². The molecule has 1 saturated heterocycles. The number of hydrogen-bond donors (Lipinski definition) is 1. The van der Waals surface area contributed by atoms with Crippen LogP contribution in [0.1, 0.15) is 41.9 Å². The molecule has 1 fully saturated rings. The van der Waals surface area contributed by atoms with Gasteiger partial charge in [-0.25, -0.2) is 4.98 Å². The maximum absolute atomic E-state index is 12.3. The molecule has 0 aliphatic carbocycles. The molecule has 2 unspecified atom stereocenters. The quantitative estimate of drug-likeness (QED) is 0.866. The predicted molar refractivity (Wildman–Crippen MR) is 66.3 cm³/mol. The second-order valence-electron chi connectivity index (χ2n) is 4.92. The minimum absolute atomic E-state index is 0.113. The van der Waals surface area contributed by atoms with E-state index in [0.717, 1.165) is 6.42 Å². The Labute approximate surface area is 107 Å². The van der Waals surface area contributed by atoms with Crippen LogP contribution in [-0.4, -0.2) is 40.1 Å². The number of oxazole rings is 1. The van der Waals surface area contributed by atoms with Gasteiger partial charge in [-0.1, -0.05) is 6.92 Å². The zero-order chi connectivity index (χ0) is 13.3. The summed E-state index contributed by atoms with van der Waals surface area (Å²) < 4.78 is 5.36. The molecule has 2 atom stereocenters. The molecule has 5 heteroatoms. The van der Waals surface area contributed by atoms with Gasteiger partial charge in [0.15, 0.2) is 5.89 Å². The molecule has 0 spiro atoms. The Balaban J connectivity index is 2.12. The van der Waals surface area contributed by atoms with Crippen LogP contribution < -0.4 is 0 Å². The summed E-state index contributed by atoms with van der Waals surface area (Å²) in [6.45, 7) is 6.72. The standard InChI is InChI=1S/C13H20N2O3/c1-4-10-7-15(6-5-11(10)16)13(17)12-8(2)14-9(3)18-12/h10-11,16H,4-7H2,1-3H3. The van der Waals surface area contributed by atoms with E-state index in [1.54, 1.807) is 18.7 Å². The fraction of sp³-hybridized carbons (Fsp3) is 0.692. The number of aromatic nitrogens is 1. The summed E-state index contributed by atoms with van der Waals surface area (Å²) in [6.07, 6.45) is 1.21. The smallest absolute Gasteiger partial charge is 0.291 e. The fourth-order valence-corrected chi connectivity index (χ4v) is 2.48. The van der Waals surface area contributed by atoms with Crippen LogP contribution in [0.3, 0.4) is 0 Å². The molecule has 1 aliphatic heterocycles. The van der Waals surface area contributed by atoms with Crippen molar-refractivity contribution >= 4 is 5.91 Å². The number of aliphatic hydroxyl groups excluding tert-OH is 1. The molecule has 0 saturated carbocycles. The Hall–Kier alpha value is -1.36. The third-order valence-electron chi connectivity index (χ3n) is 3.60. The molecule has 18 heavy (non-hydrogen) atoms.